The Morgan fingerprint density at radius 2 is 1.69 bits per heavy atom. The van der Waals surface area contributed by atoms with E-state index < -0.39 is 17.5 Å². The first-order valence-electron chi connectivity index (χ1n) is 30.2. The first-order valence-corrected chi connectivity index (χ1v) is 30.2. The fourth-order valence-electron chi connectivity index (χ4n) is 16.9. The van der Waals surface area contributed by atoms with Crippen molar-refractivity contribution in [3.8, 4) is 16.9 Å². The summed E-state index contributed by atoms with van der Waals surface area (Å²) in [5.41, 5.74) is 9.42. The van der Waals surface area contributed by atoms with E-state index in [2.05, 4.69) is 94.1 Å². The van der Waals surface area contributed by atoms with Crippen molar-refractivity contribution in [3.63, 3.8) is 0 Å². The first-order chi connectivity index (χ1) is 39.0. The van der Waals surface area contributed by atoms with Gasteiger partial charge in [0.1, 0.15) is 17.3 Å². The van der Waals surface area contributed by atoms with Crippen molar-refractivity contribution >= 4 is 17.5 Å². The van der Waals surface area contributed by atoms with Crippen LogP contribution in [0.25, 0.3) is 16.7 Å². The van der Waals surface area contributed by atoms with Gasteiger partial charge in [-0.3, -0.25) is 0 Å². The van der Waals surface area contributed by atoms with Crippen molar-refractivity contribution in [2.24, 2.45) is 52.3 Å². The van der Waals surface area contributed by atoms with E-state index in [-0.39, 0.29) is 78.1 Å². The predicted molar refractivity (Wildman–Crippen MR) is 310 cm³/mol. The topological polar surface area (TPSA) is 182 Å². The molecule has 4 fully saturated rings. The van der Waals surface area contributed by atoms with Gasteiger partial charge in [-0.25, -0.2) is 9.59 Å². The lowest BCUT2D eigenvalue weighted by molar-refractivity contribution is -0.135. The highest BCUT2D eigenvalue weighted by atomic mass is 16.6. The highest BCUT2D eigenvalue weighted by molar-refractivity contribution is 6.07. The molecule has 8 N–H and O–H groups in total. The molecule has 0 amide bonds. The van der Waals surface area contributed by atoms with E-state index in [9.17, 15) is 20.4 Å². The number of aromatic hydroxyl groups is 1. The molecule has 12 atom stereocenters. The van der Waals surface area contributed by atoms with E-state index in [1.807, 2.05) is 44.3 Å². The van der Waals surface area contributed by atoms with Crippen LogP contribution in [0.1, 0.15) is 118 Å². The number of esters is 2. The van der Waals surface area contributed by atoms with Crippen LogP contribution in [0.4, 0.5) is 0 Å². The maximum absolute atomic E-state index is 15.3. The second kappa shape index (κ2) is 23.3. The number of aliphatic hydroxyl groups is 3. The SMILES string of the molecule is CN[C@@H]1C[C@H]([C@@]23CC=C4OC(=O)C5=C4CC[C@H]4[C@H]6CC[C@]7(C(=C6c6cc(O)ccc6-c6cccc(c6)CNCCc6cccc(c6)[C@@H](NC[C@H](C)O)[C@@H](C2)[C@@H](CCCO)C3)C(=O)O/C7=C\[C@H](CCO)Cc2ccccc2)[C@@H]54)CCN1. The third-order valence-electron chi connectivity index (χ3n) is 20.4. The Balaban J connectivity index is 1.04. The van der Waals surface area contributed by atoms with Crippen molar-refractivity contribution in [1.82, 2.24) is 21.3 Å². The molecule has 422 valence electrons. The summed E-state index contributed by atoms with van der Waals surface area (Å²) in [6.45, 7) is 4.69. The fourth-order valence-corrected chi connectivity index (χ4v) is 16.9. The molecule has 4 aromatic carbocycles. The summed E-state index contributed by atoms with van der Waals surface area (Å²) < 4.78 is 13.4. The van der Waals surface area contributed by atoms with Gasteiger partial charge in [0.05, 0.1) is 23.3 Å². The van der Waals surface area contributed by atoms with Crippen LogP contribution in [-0.4, -0.2) is 84.5 Å². The molecule has 10 aliphatic rings. The molecule has 12 heteroatoms. The van der Waals surface area contributed by atoms with Crippen LogP contribution in [0.5, 0.6) is 5.75 Å². The number of carbonyl (C=O) groups is 2. The van der Waals surface area contributed by atoms with Crippen LogP contribution in [0, 0.1) is 52.3 Å². The summed E-state index contributed by atoms with van der Waals surface area (Å²) in [5, 5.41) is 58.2. The molecule has 12 nitrogen and oxygen atoms in total. The zero-order valence-corrected chi connectivity index (χ0v) is 46.7. The van der Waals surface area contributed by atoms with Gasteiger partial charge in [0.15, 0.2) is 0 Å². The summed E-state index contributed by atoms with van der Waals surface area (Å²) in [4.78, 5) is 30.6. The Morgan fingerprint density at radius 3 is 2.51 bits per heavy atom. The van der Waals surface area contributed by atoms with E-state index in [0.717, 1.165) is 110 Å². The second-order valence-electron chi connectivity index (χ2n) is 24.9. The van der Waals surface area contributed by atoms with E-state index in [1.165, 1.54) is 11.1 Å². The molecule has 5 aliphatic carbocycles. The summed E-state index contributed by atoms with van der Waals surface area (Å²) in [6, 6.07) is 33.3. The van der Waals surface area contributed by atoms with E-state index in [1.54, 1.807) is 6.07 Å². The minimum Gasteiger partial charge on any atom is -0.508 e. The Bertz CT molecular complexity index is 3090. The maximum Gasteiger partial charge on any atom is 0.340 e. The molecule has 2 saturated carbocycles. The van der Waals surface area contributed by atoms with Crippen molar-refractivity contribution in [2.45, 2.75) is 122 Å². The van der Waals surface area contributed by atoms with Gasteiger partial charge in [0, 0.05) is 49.4 Å². The largest absolute Gasteiger partial charge is 0.508 e. The van der Waals surface area contributed by atoms with Gasteiger partial charge in [-0.05, 0) is 233 Å². The van der Waals surface area contributed by atoms with Gasteiger partial charge in [-0.15, -0.1) is 0 Å². The molecule has 1 spiro atoms. The number of ether oxygens (including phenoxy) is 2. The minimum atomic E-state index is -0.992. The van der Waals surface area contributed by atoms with Crippen LogP contribution in [0.3, 0.4) is 0 Å². The Morgan fingerprint density at radius 1 is 0.838 bits per heavy atom. The molecule has 14 rings (SSSR count). The quantitative estimate of drug-likeness (QED) is 0.0595. The van der Waals surface area contributed by atoms with Gasteiger partial charge in [0.2, 0.25) is 0 Å². The Hall–Kier alpha value is -5.70. The molecule has 0 aromatic heterocycles. The number of rotatable bonds is 13. The van der Waals surface area contributed by atoms with Crippen molar-refractivity contribution < 1.29 is 39.5 Å². The van der Waals surface area contributed by atoms with Gasteiger partial charge < -0.3 is 51.2 Å². The minimum absolute atomic E-state index is 0.0249. The number of phenolic OH excluding ortho intramolecular Hbond substituents is 1. The van der Waals surface area contributed by atoms with Gasteiger partial charge >= 0.3 is 11.9 Å². The Kier molecular flexibility index (Phi) is 16.0. The van der Waals surface area contributed by atoms with Crippen molar-refractivity contribution in [2.75, 3.05) is 39.9 Å². The lowest BCUT2D eigenvalue weighted by Gasteiger charge is -2.56. The van der Waals surface area contributed by atoms with E-state index >= 15 is 9.59 Å². The highest BCUT2D eigenvalue weighted by Gasteiger charge is 2.69. The number of benzene rings is 4. The molecule has 0 unspecified atom stereocenters. The van der Waals surface area contributed by atoms with E-state index in [4.69, 9.17) is 9.47 Å². The number of hydrogen-bond donors (Lipinski definition) is 8. The van der Waals surface area contributed by atoms with Crippen LogP contribution in [0.15, 0.2) is 137 Å². The maximum atomic E-state index is 15.3. The lowest BCUT2D eigenvalue weighted by Crippen LogP contribution is -2.52. The normalized spacial score (nSPS) is 31.3. The molecular formula is C68H82N4O8. The Labute approximate surface area is 472 Å². The van der Waals surface area contributed by atoms with Crippen LogP contribution < -0.4 is 21.3 Å². The molecule has 5 aliphatic heterocycles. The number of phenols is 1. The van der Waals surface area contributed by atoms with Crippen molar-refractivity contribution in [3.05, 3.63) is 165 Å². The van der Waals surface area contributed by atoms with Gasteiger partial charge in [0.25, 0.3) is 0 Å². The molecule has 0 radical (unpaired) electrons. The molecule has 2 saturated heterocycles. The number of carbonyl (C=O) groups excluding carboxylic acids is 2. The van der Waals surface area contributed by atoms with Crippen molar-refractivity contribution in [1.29, 1.82) is 0 Å². The first kappa shape index (κ1) is 54.9. The van der Waals surface area contributed by atoms with Crippen LogP contribution >= 0.6 is 0 Å². The summed E-state index contributed by atoms with van der Waals surface area (Å²) in [7, 11) is 2.03. The predicted octanol–water partition coefficient (Wildman–Crippen LogP) is 9.75. The zero-order chi connectivity index (χ0) is 55.1. The average Bonchev–Trinajstić information content (AvgIpc) is 3.63. The van der Waals surface area contributed by atoms with Gasteiger partial charge in [-0.2, -0.15) is 0 Å². The number of cyclic esters (lactones) is 1. The summed E-state index contributed by atoms with van der Waals surface area (Å²) in [5.74, 6) is 0.796. The number of hydrogen-bond acceptors (Lipinski definition) is 12. The molecular weight excluding hydrogens is 1000 g/mol. The van der Waals surface area contributed by atoms with E-state index in [0.29, 0.717) is 73.8 Å². The number of piperidine rings is 1. The standard InChI is InChI=1S/C68H82N4O8/c1-41(75)39-72-64-47-14-6-11-43(32-47)22-27-70-40-45-12-7-13-46(33-45)51-17-16-50(76)36-55(51)60-52-20-26-68(58(80-66(78)63(60)68)34-44(24-30-74)31-42-9-4-3-5-10-42)62-53(52)18-19-54-57(79-65(77)61(54)62)21-25-67(49-23-28-71-59(35-49)69-2)37-48(15-8-29-73)56(64)38-67/h3-7,9-14,16-17,21,32-34,36,41,44,48-49,52-53,56,59,62,64,69-76H,8,15,18-20,22-31,35,37-40H2,1-2H3/b57-21?,58-34-/t41-,44+,48-,49+,52+,53-,56-,59-,62+,64+,67+,68+/m0/s1. The molecule has 14 bridgehead atoms. The monoisotopic (exact) mass is 1080 g/mol. The molecule has 5 heterocycles. The van der Waals surface area contributed by atoms with Crippen LogP contribution in [0.2, 0.25) is 0 Å². The number of nitrogens with one attached hydrogen (secondary N) is 4. The van der Waals surface area contributed by atoms with Crippen LogP contribution in [-0.2, 0) is 38.4 Å². The fraction of sp³-hybridized carbons (Fsp3) is 0.500. The number of allylic oxidation sites excluding steroid dienone is 5. The third kappa shape index (κ3) is 10.3. The second-order valence-corrected chi connectivity index (χ2v) is 24.9. The molecule has 80 heavy (non-hydrogen) atoms. The number of fused-ring (bicyclic) bond motifs is 5. The van der Waals surface area contributed by atoms with Gasteiger partial charge in [-0.1, -0.05) is 78.9 Å². The zero-order valence-electron chi connectivity index (χ0n) is 46.7. The lowest BCUT2D eigenvalue weighted by atomic mass is 9.44. The average molecular weight is 1080 g/mol. The molecule has 4 aromatic rings. The summed E-state index contributed by atoms with van der Waals surface area (Å²) in [6.07, 6.45) is 15.0. The smallest absolute Gasteiger partial charge is 0.340 e. The number of aliphatic hydroxyl groups excluding tert-OH is 3. The third-order valence-corrected chi connectivity index (χ3v) is 20.4. The summed E-state index contributed by atoms with van der Waals surface area (Å²) >= 11 is 0. The highest BCUT2D eigenvalue weighted by Crippen LogP contribution is 2.72.